The first kappa shape index (κ1) is 10.8. The lowest BCUT2D eigenvalue weighted by molar-refractivity contribution is 0.635. The van der Waals surface area contributed by atoms with Gasteiger partial charge in [0.1, 0.15) is 0 Å². The standard InChI is InChI=1S/C15H15N3/c16-14-7-4-8-15-13(14)11-17-18(15)10-9-12-5-2-1-3-6-12/h1-8,11H,9-10,16H2. The summed E-state index contributed by atoms with van der Waals surface area (Å²) in [6.07, 6.45) is 2.82. The lowest BCUT2D eigenvalue weighted by atomic mass is 10.1. The van der Waals surface area contributed by atoms with Crippen molar-refractivity contribution in [3.05, 3.63) is 60.3 Å². The number of hydrogen-bond donors (Lipinski definition) is 1. The topological polar surface area (TPSA) is 43.8 Å². The summed E-state index contributed by atoms with van der Waals surface area (Å²) in [5, 5.41) is 5.44. The summed E-state index contributed by atoms with van der Waals surface area (Å²) in [7, 11) is 0. The number of hydrogen-bond acceptors (Lipinski definition) is 2. The van der Waals surface area contributed by atoms with Crippen molar-refractivity contribution < 1.29 is 0 Å². The van der Waals surface area contributed by atoms with E-state index in [1.165, 1.54) is 5.56 Å². The molecule has 0 aliphatic carbocycles. The summed E-state index contributed by atoms with van der Waals surface area (Å²) in [4.78, 5) is 0. The van der Waals surface area contributed by atoms with E-state index in [0.29, 0.717) is 0 Å². The van der Waals surface area contributed by atoms with Crippen molar-refractivity contribution in [1.29, 1.82) is 0 Å². The Bertz CT molecular complexity index is 656. The summed E-state index contributed by atoms with van der Waals surface area (Å²) in [5.74, 6) is 0. The summed E-state index contributed by atoms with van der Waals surface area (Å²) in [5.41, 5.74) is 9.14. The van der Waals surface area contributed by atoms with Gasteiger partial charge in [-0.05, 0) is 24.1 Å². The van der Waals surface area contributed by atoms with Gasteiger partial charge in [-0.2, -0.15) is 5.10 Å². The van der Waals surface area contributed by atoms with Crippen LogP contribution in [0.3, 0.4) is 0 Å². The van der Waals surface area contributed by atoms with E-state index in [0.717, 1.165) is 29.6 Å². The highest BCUT2D eigenvalue weighted by atomic mass is 15.3. The Labute approximate surface area is 106 Å². The molecule has 0 spiro atoms. The molecular formula is C15H15N3. The Balaban J connectivity index is 1.85. The van der Waals surface area contributed by atoms with Crippen LogP contribution in [0.4, 0.5) is 5.69 Å². The van der Waals surface area contributed by atoms with Gasteiger partial charge in [0.2, 0.25) is 0 Å². The molecule has 0 aliphatic rings. The smallest absolute Gasteiger partial charge is 0.0703 e. The molecule has 0 radical (unpaired) electrons. The fourth-order valence-corrected chi connectivity index (χ4v) is 2.18. The highest BCUT2D eigenvalue weighted by Crippen LogP contribution is 2.20. The van der Waals surface area contributed by atoms with Crippen LogP contribution in [0.1, 0.15) is 5.56 Å². The number of aryl methyl sites for hydroxylation is 2. The van der Waals surface area contributed by atoms with Crippen molar-refractivity contribution in [3.8, 4) is 0 Å². The van der Waals surface area contributed by atoms with E-state index >= 15 is 0 Å². The van der Waals surface area contributed by atoms with Gasteiger partial charge < -0.3 is 5.73 Å². The van der Waals surface area contributed by atoms with Gasteiger partial charge in [-0.15, -0.1) is 0 Å². The third-order valence-electron chi connectivity index (χ3n) is 3.18. The predicted molar refractivity (Wildman–Crippen MR) is 74.3 cm³/mol. The molecule has 3 heteroatoms. The maximum absolute atomic E-state index is 5.92. The summed E-state index contributed by atoms with van der Waals surface area (Å²) in [6.45, 7) is 0.872. The molecule has 0 atom stereocenters. The molecule has 0 bridgehead atoms. The number of anilines is 1. The van der Waals surface area contributed by atoms with Crippen molar-refractivity contribution in [2.75, 3.05) is 5.73 Å². The number of nitrogen functional groups attached to an aromatic ring is 1. The summed E-state index contributed by atoms with van der Waals surface area (Å²) >= 11 is 0. The number of rotatable bonds is 3. The van der Waals surface area contributed by atoms with Gasteiger partial charge in [0, 0.05) is 17.6 Å². The number of aromatic nitrogens is 2. The summed E-state index contributed by atoms with van der Waals surface area (Å²) in [6, 6.07) is 16.4. The molecule has 3 nitrogen and oxygen atoms in total. The number of fused-ring (bicyclic) bond motifs is 1. The minimum Gasteiger partial charge on any atom is -0.398 e. The van der Waals surface area contributed by atoms with E-state index in [1.54, 1.807) is 0 Å². The fraction of sp³-hybridized carbons (Fsp3) is 0.133. The van der Waals surface area contributed by atoms with Crippen molar-refractivity contribution in [3.63, 3.8) is 0 Å². The first-order valence-corrected chi connectivity index (χ1v) is 6.08. The monoisotopic (exact) mass is 237 g/mol. The molecule has 2 aromatic carbocycles. The third-order valence-corrected chi connectivity index (χ3v) is 3.18. The Morgan fingerprint density at radius 2 is 1.83 bits per heavy atom. The first-order chi connectivity index (χ1) is 8.84. The second kappa shape index (κ2) is 4.53. The molecule has 3 rings (SSSR count). The van der Waals surface area contributed by atoms with Gasteiger partial charge in [0.25, 0.3) is 0 Å². The molecule has 0 aliphatic heterocycles. The third kappa shape index (κ3) is 1.95. The maximum Gasteiger partial charge on any atom is 0.0703 e. The number of nitrogens with two attached hydrogens (primary N) is 1. The van der Waals surface area contributed by atoms with E-state index in [9.17, 15) is 0 Å². The fourth-order valence-electron chi connectivity index (χ4n) is 2.18. The molecule has 3 aromatic rings. The van der Waals surface area contributed by atoms with Crippen LogP contribution in [-0.4, -0.2) is 9.78 Å². The SMILES string of the molecule is Nc1cccc2c1cnn2CCc1ccccc1. The molecule has 2 N–H and O–H groups in total. The Morgan fingerprint density at radius 1 is 1.00 bits per heavy atom. The van der Waals surface area contributed by atoms with Gasteiger partial charge >= 0.3 is 0 Å². The molecule has 0 saturated heterocycles. The zero-order valence-electron chi connectivity index (χ0n) is 10.1. The van der Waals surface area contributed by atoms with Crippen LogP contribution in [0.25, 0.3) is 10.9 Å². The molecule has 18 heavy (non-hydrogen) atoms. The van der Waals surface area contributed by atoms with Crippen LogP contribution >= 0.6 is 0 Å². The molecule has 1 heterocycles. The zero-order chi connectivity index (χ0) is 12.4. The lowest BCUT2D eigenvalue weighted by Gasteiger charge is -2.04. The van der Waals surface area contributed by atoms with Crippen LogP contribution in [0.5, 0.6) is 0 Å². The van der Waals surface area contributed by atoms with Crippen LogP contribution < -0.4 is 5.73 Å². The molecule has 90 valence electrons. The Hall–Kier alpha value is -2.29. The largest absolute Gasteiger partial charge is 0.398 e. The molecule has 0 saturated carbocycles. The minimum atomic E-state index is 0.790. The average Bonchev–Trinajstić information content (AvgIpc) is 2.82. The quantitative estimate of drug-likeness (QED) is 0.712. The van der Waals surface area contributed by atoms with Gasteiger partial charge in [-0.25, -0.2) is 0 Å². The van der Waals surface area contributed by atoms with E-state index < -0.39 is 0 Å². The minimum absolute atomic E-state index is 0.790. The second-order valence-electron chi connectivity index (χ2n) is 4.38. The van der Waals surface area contributed by atoms with Crippen LogP contribution in [0.15, 0.2) is 54.7 Å². The summed E-state index contributed by atoms with van der Waals surface area (Å²) < 4.78 is 2.01. The Morgan fingerprint density at radius 3 is 2.67 bits per heavy atom. The number of benzene rings is 2. The molecule has 0 unspecified atom stereocenters. The van der Waals surface area contributed by atoms with Gasteiger partial charge in [0.15, 0.2) is 0 Å². The van der Waals surface area contributed by atoms with Crippen molar-refractivity contribution in [2.45, 2.75) is 13.0 Å². The van der Waals surface area contributed by atoms with E-state index in [2.05, 4.69) is 35.4 Å². The van der Waals surface area contributed by atoms with Gasteiger partial charge in [-0.1, -0.05) is 36.4 Å². The van der Waals surface area contributed by atoms with Gasteiger partial charge in [0.05, 0.1) is 11.7 Å². The molecular weight excluding hydrogens is 222 g/mol. The normalized spacial score (nSPS) is 10.9. The zero-order valence-corrected chi connectivity index (χ0v) is 10.1. The highest BCUT2D eigenvalue weighted by Gasteiger charge is 2.04. The highest BCUT2D eigenvalue weighted by molar-refractivity contribution is 5.90. The van der Waals surface area contributed by atoms with Crippen molar-refractivity contribution in [2.24, 2.45) is 0 Å². The molecule has 0 fully saturated rings. The van der Waals surface area contributed by atoms with Crippen LogP contribution in [0, 0.1) is 0 Å². The van der Waals surface area contributed by atoms with E-state index in [4.69, 9.17) is 5.73 Å². The first-order valence-electron chi connectivity index (χ1n) is 6.08. The molecule has 1 aromatic heterocycles. The Kier molecular flexibility index (Phi) is 2.73. The van der Waals surface area contributed by atoms with E-state index in [1.807, 2.05) is 29.1 Å². The molecule has 0 amide bonds. The van der Waals surface area contributed by atoms with Crippen LogP contribution in [-0.2, 0) is 13.0 Å². The lowest BCUT2D eigenvalue weighted by Crippen LogP contribution is -2.02. The van der Waals surface area contributed by atoms with Crippen molar-refractivity contribution >= 4 is 16.6 Å². The van der Waals surface area contributed by atoms with Crippen LogP contribution in [0.2, 0.25) is 0 Å². The van der Waals surface area contributed by atoms with Gasteiger partial charge in [-0.3, -0.25) is 4.68 Å². The second-order valence-corrected chi connectivity index (χ2v) is 4.38. The average molecular weight is 237 g/mol. The van der Waals surface area contributed by atoms with Crippen molar-refractivity contribution in [1.82, 2.24) is 9.78 Å². The maximum atomic E-state index is 5.92. The predicted octanol–water partition coefficient (Wildman–Crippen LogP) is 2.86. The van der Waals surface area contributed by atoms with E-state index in [-0.39, 0.29) is 0 Å². The number of nitrogens with zero attached hydrogens (tertiary/aromatic N) is 2.